The minimum absolute atomic E-state index is 0.221. The van der Waals surface area contributed by atoms with Crippen LogP contribution in [0.25, 0.3) is 0 Å². The number of hydrogen-bond acceptors (Lipinski definition) is 2. The molecule has 0 radical (unpaired) electrons. The molecule has 2 aliphatic heterocycles. The summed E-state index contributed by atoms with van der Waals surface area (Å²) >= 11 is 0. The molecule has 0 bridgehead atoms. The fourth-order valence-corrected chi connectivity index (χ4v) is 2.43. The highest BCUT2D eigenvalue weighted by Gasteiger charge is 2.31. The van der Waals surface area contributed by atoms with E-state index in [4.69, 9.17) is 0 Å². The van der Waals surface area contributed by atoms with E-state index >= 15 is 0 Å². The van der Waals surface area contributed by atoms with E-state index in [1.54, 1.807) is 0 Å². The van der Waals surface area contributed by atoms with Crippen molar-refractivity contribution in [3.05, 3.63) is 0 Å². The monoisotopic (exact) mass is 211 g/mol. The predicted octanol–water partition coefficient (Wildman–Crippen LogP) is 0.884. The second-order valence-corrected chi connectivity index (χ2v) is 4.81. The topological polar surface area (TPSA) is 35.6 Å². The molecule has 86 valence electrons. The van der Waals surface area contributed by atoms with Crippen LogP contribution in [0, 0.1) is 0 Å². The summed E-state index contributed by atoms with van der Waals surface area (Å²) < 4.78 is 0. The van der Waals surface area contributed by atoms with Crippen molar-refractivity contribution in [2.45, 2.75) is 38.8 Å². The van der Waals surface area contributed by atoms with E-state index in [1.165, 1.54) is 12.8 Å². The van der Waals surface area contributed by atoms with Crippen molar-refractivity contribution < 1.29 is 4.79 Å². The van der Waals surface area contributed by atoms with Gasteiger partial charge in [-0.2, -0.15) is 0 Å². The lowest BCUT2D eigenvalue weighted by Crippen LogP contribution is -2.41. The van der Waals surface area contributed by atoms with Crippen LogP contribution in [0.2, 0.25) is 0 Å². The van der Waals surface area contributed by atoms with E-state index < -0.39 is 0 Å². The summed E-state index contributed by atoms with van der Waals surface area (Å²) in [7, 11) is 0. The van der Waals surface area contributed by atoms with Crippen LogP contribution in [0.3, 0.4) is 0 Å². The molecule has 0 saturated carbocycles. The zero-order valence-corrected chi connectivity index (χ0v) is 9.70. The van der Waals surface area contributed by atoms with Crippen molar-refractivity contribution in [3.8, 4) is 0 Å². The average molecular weight is 211 g/mol. The fraction of sp³-hybridized carbons (Fsp3) is 0.909. The van der Waals surface area contributed by atoms with E-state index in [0.29, 0.717) is 12.1 Å². The van der Waals surface area contributed by atoms with E-state index in [1.807, 2.05) is 9.80 Å². The van der Waals surface area contributed by atoms with Gasteiger partial charge in [0.25, 0.3) is 0 Å². The van der Waals surface area contributed by atoms with Crippen molar-refractivity contribution in [1.82, 2.24) is 15.1 Å². The van der Waals surface area contributed by atoms with Gasteiger partial charge < -0.3 is 15.1 Å². The molecule has 2 aliphatic rings. The molecule has 0 spiro atoms. The van der Waals surface area contributed by atoms with Crippen LogP contribution in [0.15, 0.2) is 0 Å². The van der Waals surface area contributed by atoms with Gasteiger partial charge in [0, 0.05) is 31.7 Å². The van der Waals surface area contributed by atoms with Crippen LogP contribution in [0.5, 0.6) is 0 Å². The lowest BCUT2D eigenvalue weighted by molar-refractivity contribution is 0.180. The van der Waals surface area contributed by atoms with Crippen LogP contribution < -0.4 is 5.32 Å². The smallest absolute Gasteiger partial charge is 0.320 e. The maximum absolute atomic E-state index is 12.0. The molecule has 0 aromatic rings. The molecule has 2 rings (SSSR count). The fourth-order valence-electron chi connectivity index (χ4n) is 2.43. The highest BCUT2D eigenvalue weighted by molar-refractivity contribution is 5.76. The summed E-state index contributed by atoms with van der Waals surface area (Å²) in [6.07, 6.45) is 2.46. The van der Waals surface area contributed by atoms with Crippen molar-refractivity contribution >= 4 is 6.03 Å². The summed E-state index contributed by atoms with van der Waals surface area (Å²) in [6.45, 7) is 7.95. The second kappa shape index (κ2) is 4.39. The summed E-state index contributed by atoms with van der Waals surface area (Å²) in [5.74, 6) is 0. The third kappa shape index (κ3) is 2.25. The Hall–Kier alpha value is -0.770. The lowest BCUT2D eigenvalue weighted by atomic mass is 10.2. The molecule has 1 N–H and O–H groups in total. The van der Waals surface area contributed by atoms with Crippen LogP contribution in [0.4, 0.5) is 4.79 Å². The molecule has 4 heteroatoms. The number of urea groups is 1. The largest absolute Gasteiger partial charge is 0.321 e. The number of nitrogens with one attached hydrogen (secondary N) is 1. The van der Waals surface area contributed by atoms with Gasteiger partial charge >= 0.3 is 6.03 Å². The van der Waals surface area contributed by atoms with E-state index in [0.717, 1.165) is 26.2 Å². The maximum Gasteiger partial charge on any atom is 0.320 e. The van der Waals surface area contributed by atoms with Crippen molar-refractivity contribution in [2.24, 2.45) is 0 Å². The molecule has 0 unspecified atom stereocenters. The summed E-state index contributed by atoms with van der Waals surface area (Å²) in [4.78, 5) is 15.9. The maximum atomic E-state index is 12.0. The minimum atomic E-state index is 0.221. The summed E-state index contributed by atoms with van der Waals surface area (Å²) in [5.41, 5.74) is 0. The standard InChI is InChI=1S/C11H21N3O/c1-9(2)14-7-6-13(11(14)15)8-10-4-3-5-12-10/h9-10,12H,3-8H2,1-2H3/t10-/m1/s1. The van der Waals surface area contributed by atoms with E-state index in [-0.39, 0.29) is 6.03 Å². The van der Waals surface area contributed by atoms with Gasteiger partial charge in [0.15, 0.2) is 0 Å². The van der Waals surface area contributed by atoms with Gasteiger partial charge in [-0.25, -0.2) is 4.79 Å². The zero-order chi connectivity index (χ0) is 10.8. The number of hydrogen-bond donors (Lipinski definition) is 1. The molecule has 0 aromatic heterocycles. The van der Waals surface area contributed by atoms with Crippen LogP contribution in [0.1, 0.15) is 26.7 Å². The number of amides is 2. The van der Waals surface area contributed by atoms with Gasteiger partial charge in [-0.3, -0.25) is 0 Å². The first-order chi connectivity index (χ1) is 7.18. The molecular weight excluding hydrogens is 190 g/mol. The second-order valence-electron chi connectivity index (χ2n) is 4.81. The molecule has 2 amide bonds. The Kier molecular flexibility index (Phi) is 3.14. The molecular formula is C11H21N3O. The Labute approximate surface area is 91.6 Å². The third-order valence-electron chi connectivity index (χ3n) is 3.35. The molecule has 2 fully saturated rings. The molecule has 0 aliphatic carbocycles. The first-order valence-corrected chi connectivity index (χ1v) is 5.97. The SMILES string of the molecule is CC(C)N1CCN(C[C@H]2CCCN2)C1=O. The van der Waals surface area contributed by atoms with Gasteiger partial charge in [-0.15, -0.1) is 0 Å². The zero-order valence-electron chi connectivity index (χ0n) is 9.70. The van der Waals surface area contributed by atoms with Gasteiger partial charge in [0.05, 0.1) is 0 Å². The van der Waals surface area contributed by atoms with Gasteiger partial charge in [0.2, 0.25) is 0 Å². The van der Waals surface area contributed by atoms with Crippen LogP contribution >= 0.6 is 0 Å². The van der Waals surface area contributed by atoms with Gasteiger partial charge in [0.1, 0.15) is 0 Å². The first-order valence-electron chi connectivity index (χ1n) is 5.97. The molecule has 0 aromatic carbocycles. The minimum Gasteiger partial charge on any atom is -0.321 e. The van der Waals surface area contributed by atoms with Gasteiger partial charge in [-0.05, 0) is 33.2 Å². The normalized spacial score (nSPS) is 27.1. The Morgan fingerprint density at radius 1 is 1.47 bits per heavy atom. The molecule has 15 heavy (non-hydrogen) atoms. The Balaban J connectivity index is 1.86. The first kappa shape index (κ1) is 10.7. The summed E-state index contributed by atoms with van der Waals surface area (Å²) in [6, 6.07) is 1.08. The van der Waals surface area contributed by atoms with Gasteiger partial charge in [-0.1, -0.05) is 0 Å². The highest BCUT2D eigenvalue weighted by atomic mass is 16.2. The quantitative estimate of drug-likeness (QED) is 0.752. The summed E-state index contributed by atoms with van der Waals surface area (Å²) in [5, 5.41) is 3.44. The van der Waals surface area contributed by atoms with Crippen molar-refractivity contribution in [2.75, 3.05) is 26.2 Å². The van der Waals surface area contributed by atoms with Crippen LogP contribution in [-0.2, 0) is 0 Å². The average Bonchev–Trinajstić information content (AvgIpc) is 2.78. The molecule has 4 nitrogen and oxygen atoms in total. The predicted molar refractivity (Wildman–Crippen MR) is 59.8 cm³/mol. The Bertz CT molecular complexity index is 236. The molecule has 2 saturated heterocycles. The number of nitrogens with zero attached hydrogens (tertiary/aromatic N) is 2. The van der Waals surface area contributed by atoms with Crippen LogP contribution in [-0.4, -0.2) is 54.1 Å². The van der Waals surface area contributed by atoms with E-state index in [9.17, 15) is 4.79 Å². The highest BCUT2D eigenvalue weighted by Crippen LogP contribution is 2.15. The van der Waals surface area contributed by atoms with Crippen molar-refractivity contribution in [3.63, 3.8) is 0 Å². The van der Waals surface area contributed by atoms with Crippen molar-refractivity contribution in [1.29, 1.82) is 0 Å². The molecule has 1 atom stereocenters. The Morgan fingerprint density at radius 3 is 2.80 bits per heavy atom. The number of carbonyl (C=O) groups is 1. The Morgan fingerprint density at radius 2 is 2.27 bits per heavy atom. The van der Waals surface area contributed by atoms with E-state index in [2.05, 4.69) is 19.2 Å². The third-order valence-corrected chi connectivity index (χ3v) is 3.35. The number of rotatable bonds is 3. The molecule has 2 heterocycles. The number of carbonyl (C=O) groups excluding carboxylic acids is 1. The lowest BCUT2D eigenvalue weighted by Gasteiger charge is -2.23.